The van der Waals surface area contributed by atoms with Gasteiger partial charge in [-0.25, -0.2) is 5.43 Å². The van der Waals surface area contributed by atoms with Gasteiger partial charge in [-0.05, 0) is 44.5 Å². The Kier molecular flexibility index (Phi) is 5.89. The number of hydrogen-bond acceptors (Lipinski definition) is 3. The van der Waals surface area contributed by atoms with Gasteiger partial charge < -0.3 is 9.88 Å². The predicted molar refractivity (Wildman–Crippen MR) is 98.9 cm³/mol. The van der Waals surface area contributed by atoms with Gasteiger partial charge in [0, 0.05) is 29.2 Å². The number of benzene rings is 1. The van der Waals surface area contributed by atoms with Crippen LogP contribution in [0.4, 0.5) is 0 Å². The van der Waals surface area contributed by atoms with Gasteiger partial charge in [0.15, 0.2) is 0 Å². The van der Waals surface area contributed by atoms with Crippen LogP contribution >= 0.6 is 0 Å². The first-order valence-electron chi connectivity index (χ1n) is 7.92. The fourth-order valence-corrected chi connectivity index (χ4v) is 2.54. The lowest BCUT2D eigenvalue weighted by Crippen LogP contribution is -2.37. The first kappa shape index (κ1) is 18.2. The minimum Gasteiger partial charge on any atom is -0.344 e. The second kappa shape index (κ2) is 8.10. The van der Waals surface area contributed by atoms with Gasteiger partial charge in [0.25, 0.3) is 0 Å². The van der Waals surface area contributed by atoms with Gasteiger partial charge in [-0.15, -0.1) is 6.58 Å². The third-order valence-corrected chi connectivity index (χ3v) is 3.71. The molecule has 0 radical (unpaired) electrons. The minimum atomic E-state index is -0.814. The molecule has 2 aromatic rings. The van der Waals surface area contributed by atoms with Crippen LogP contribution in [0.25, 0.3) is 5.69 Å². The van der Waals surface area contributed by atoms with Gasteiger partial charge in [0.2, 0.25) is 0 Å². The summed E-state index contributed by atoms with van der Waals surface area (Å²) in [5, 5.41) is 6.26. The molecule has 1 aromatic heterocycles. The molecular weight excluding hydrogens is 316 g/mol. The molecular formula is C19H22N4O2. The lowest BCUT2D eigenvalue weighted by atomic mass is 10.2. The van der Waals surface area contributed by atoms with Crippen molar-refractivity contribution in [2.75, 3.05) is 6.54 Å². The summed E-state index contributed by atoms with van der Waals surface area (Å²) in [6.07, 6.45) is 3.03. The van der Waals surface area contributed by atoms with E-state index in [1.807, 2.05) is 45.0 Å². The molecule has 6 heteroatoms. The van der Waals surface area contributed by atoms with Crippen LogP contribution in [0.15, 0.2) is 48.1 Å². The van der Waals surface area contributed by atoms with Crippen molar-refractivity contribution < 1.29 is 9.59 Å². The molecule has 6 nitrogen and oxygen atoms in total. The average Bonchev–Trinajstić information content (AvgIpc) is 2.86. The molecule has 25 heavy (non-hydrogen) atoms. The van der Waals surface area contributed by atoms with E-state index in [9.17, 15) is 9.59 Å². The Balaban J connectivity index is 2.14. The van der Waals surface area contributed by atoms with Crippen LogP contribution in [0.5, 0.6) is 0 Å². The van der Waals surface area contributed by atoms with E-state index in [1.165, 1.54) is 17.9 Å². The van der Waals surface area contributed by atoms with E-state index < -0.39 is 11.8 Å². The van der Waals surface area contributed by atoms with Crippen molar-refractivity contribution in [3.8, 4) is 5.69 Å². The Morgan fingerprint density at radius 2 is 1.96 bits per heavy atom. The third kappa shape index (κ3) is 4.44. The summed E-state index contributed by atoms with van der Waals surface area (Å²) in [6.45, 7) is 9.73. The topological polar surface area (TPSA) is 75.5 Å². The number of carbonyl (C=O) groups is 2. The van der Waals surface area contributed by atoms with Crippen LogP contribution < -0.4 is 10.7 Å². The number of hydrogen-bond donors (Lipinski definition) is 2. The quantitative estimate of drug-likeness (QED) is 0.379. The molecule has 2 N–H and O–H groups in total. The Labute approximate surface area is 147 Å². The Morgan fingerprint density at radius 1 is 1.20 bits per heavy atom. The molecule has 0 saturated carbocycles. The van der Waals surface area contributed by atoms with E-state index in [4.69, 9.17) is 0 Å². The van der Waals surface area contributed by atoms with Crippen molar-refractivity contribution in [1.29, 1.82) is 0 Å². The molecule has 0 aliphatic rings. The fourth-order valence-electron chi connectivity index (χ4n) is 2.54. The predicted octanol–water partition coefficient (Wildman–Crippen LogP) is 2.15. The molecule has 0 aliphatic carbocycles. The maximum atomic E-state index is 11.6. The summed E-state index contributed by atoms with van der Waals surface area (Å²) in [5.74, 6) is -1.56. The van der Waals surface area contributed by atoms with Gasteiger partial charge in [-0.1, -0.05) is 18.2 Å². The van der Waals surface area contributed by atoms with Crippen LogP contribution in [0.2, 0.25) is 0 Å². The Bertz CT molecular complexity index is 834. The number of carbonyl (C=O) groups excluding carboxylic acids is 2. The maximum Gasteiger partial charge on any atom is 0.329 e. The summed E-state index contributed by atoms with van der Waals surface area (Å²) in [7, 11) is 0. The number of rotatable bonds is 5. The summed E-state index contributed by atoms with van der Waals surface area (Å²) in [5.41, 5.74) is 7.39. The SMILES string of the molecule is C=CCNC(=O)C(=O)N/N=C\c1cc(C)n(-c2cccc(C)c2)c1C. The summed E-state index contributed by atoms with van der Waals surface area (Å²) >= 11 is 0. The van der Waals surface area contributed by atoms with Crippen molar-refractivity contribution in [2.24, 2.45) is 5.10 Å². The zero-order valence-electron chi connectivity index (χ0n) is 14.7. The molecule has 0 atom stereocenters. The standard InChI is InChI=1S/C19H22N4O2/c1-5-9-20-18(24)19(25)22-21-12-16-11-14(3)23(15(16)4)17-8-6-7-13(2)10-17/h5-8,10-12H,1,9H2,2-4H3,(H,20,24)(H,22,25)/b21-12-. The van der Waals surface area contributed by atoms with E-state index in [2.05, 4.69) is 33.1 Å². The van der Waals surface area contributed by atoms with Crippen LogP contribution in [-0.4, -0.2) is 29.1 Å². The van der Waals surface area contributed by atoms with Crippen LogP contribution in [0.3, 0.4) is 0 Å². The highest BCUT2D eigenvalue weighted by molar-refractivity contribution is 6.35. The van der Waals surface area contributed by atoms with E-state index in [1.54, 1.807) is 0 Å². The van der Waals surface area contributed by atoms with Crippen LogP contribution in [-0.2, 0) is 9.59 Å². The van der Waals surface area contributed by atoms with E-state index in [0.29, 0.717) is 0 Å². The summed E-state index contributed by atoms with van der Waals surface area (Å²) < 4.78 is 2.12. The molecule has 0 saturated heterocycles. The molecule has 0 fully saturated rings. The molecule has 0 unspecified atom stereocenters. The maximum absolute atomic E-state index is 11.6. The van der Waals surface area contributed by atoms with Gasteiger partial charge in [0.05, 0.1) is 6.21 Å². The lowest BCUT2D eigenvalue weighted by Gasteiger charge is -2.10. The van der Waals surface area contributed by atoms with E-state index in [-0.39, 0.29) is 6.54 Å². The third-order valence-electron chi connectivity index (χ3n) is 3.71. The van der Waals surface area contributed by atoms with Crippen molar-refractivity contribution in [3.63, 3.8) is 0 Å². The van der Waals surface area contributed by atoms with Gasteiger partial charge in [-0.2, -0.15) is 5.10 Å². The fraction of sp³-hybridized carbons (Fsp3) is 0.211. The second-order valence-corrected chi connectivity index (χ2v) is 5.70. The molecule has 0 spiro atoms. The van der Waals surface area contributed by atoms with Crippen molar-refractivity contribution in [2.45, 2.75) is 20.8 Å². The van der Waals surface area contributed by atoms with Crippen molar-refractivity contribution in [1.82, 2.24) is 15.3 Å². The van der Waals surface area contributed by atoms with Crippen molar-refractivity contribution in [3.05, 3.63) is 65.5 Å². The molecule has 0 bridgehead atoms. The molecule has 1 heterocycles. The smallest absolute Gasteiger partial charge is 0.329 e. The number of aryl methyl sites for hydroxylation is 2. The normalized spacial score (nSPS) is 10.7. The minimum absolute atomic E-state index is 0.230. The summed E-state index contributed by atoms with van der Waals surface area (Å²) in [6, 6.07) is 10.2. The molecule has 2 amide bonds. The second-order valence-electron chi connectivity index (χ2n) is 5.70. The molecule has 130 valence electrons. The Morgan fingerprint density at radius 3 is 2.64 bits per heavy atom. The molecule has 1 aromatic carbocycles. The van der Waals surface area contributed by atoms with Gasteiger partial charge in [-0.3, -0.25) is 9.59 Å². The average molecular weight is 338 g/mol. The number of hydrazone groups is 1. The number of aromatic nitrogens is 1. The van der Waals surface area contributed by atoms with E-state index >= 15 is 0 Å². The number of amides is 2. The highest BCUT2D eigenvalue weighted by atomic mass is 16.2. The van der Waals surface area contributed by atoms with Gasteiger partial charge in [0.1, 0.15) is 0 Å². The first-order valence-corrected chi connectivity index (χ1v) is 7.92. The molecule has 2 rings (SSSR count). The molecule has 0 aliphatic heterocycles. The van der Waals surface area contributed by atoms with Crippen LogP contribution in [0, 0.1) is 20.8 Å². The van der Waals surface area contributed by atoms with E-state index in [0.717, 1.165) is 22.6 Å². The number of nitrogens with one attached hydrogen (secondary N) is 2. The van der Waals surface area contributed by atoms with Crippen molar-refractivity contribution >= 4 is 18.0 Å². The van der Waals surface area contributed by atoms with Gasteiger partial charge >= 0.3 is 11.8 Å². The summed E-state index contributed by atoms with van der Waals surface area (Å²) in [4.78, 5) is 23.0. The largest absolute Gasteiger partial charge is 0.344 e. The highest BCUT2D eigenvalue weighted by Gasteiger charge is 2.12. The highest BCUT2D eigenvalue weighted by Crippen LogP contribution is 2.20. The lowest BCUT2D eigenvalue weighted by molar-refractivity contribution is -0.139. The Hall–Kier alpha value is -3.15. The van der Waals surface area contributed by atoms with Crippen LogP contribution in [0.1, 0.15) is 22.5 Å². The number of nitrogens with zero attached hydrogens (tertiary/aromatic N) is 2. The monoisotopic (exact) mass is 338 g/mol. The zero-order valence-corrected chi connectivity index (χ0v) is 14.7. The first-order chi connectivity index (χ1) is 11.9. The zero-order chi connectivity index (χ0) is 18.4.